The van der Waals surface area contributed by atoms with Gasteiger partial charge in [-0.2, -0.15) is 5.06 Å². The third-order valence-corrected chi connectivity index (χ3v) is 5.89. The minimum atomic E-state index is -0.450. The Kier molecular flexibility index (Phi) is 4.36. The van der Waals surface area contributed by atoms with Crippen molar-refractivity contribution in [2.75, 3.05) is 18.2 Å². The smallest absolute Gasteiger partial charge is 0.314 e. The number of hydrogen-bond donors (Lipinski definition) is 2. The normalized spacial score (nSPS) is 21.1. The van der Waals surface area contributed by atoms with Crippen molar-refractivity contribution < 1.29 is 14.8 Å². The average Bonchev–Trinajstić information content (AvgIpc) is 3.10. The van der Waals surface area contributed by atoms with Crippen molar-refractivity contribution in [3.8, 4) is 0 Å². The van der Waals surface area contributed by atoms with Crippen LogP contribution in [-0.4, -0.2) is 35.1 Å². The lowest BCUT2D eigenvalue weighted by molar-refractivity contribution is 0.0854. The molecule has 0 aromatic heterocycles. The van der Waals surface area contributed by atoms with E-state index in [1.54, 1.807) is 35.2 Å². The van der Waals surface area contributed by atoms with E-state index in [2.05, 4.69) is 0 Å². The molecule has 1 saturated heterocycles. The zero-order chi connectivity index (χ0) is 19.0. The minimum Gasteiger partial charge on any atom is -0.351 e. The van der Waals surface area contributed by atoms with Gasteiger partial charge in [0.15, 0.2) is 0 Å². The summed E-state index contributed by atoms with van der Waals surface area (Å²) in [6.45, 7) is 1.37. The number of carbonyl (C=O) groups is 2. The highest BCUT2D eigenvalue weighted by atomic mass is 16.5. The first-order chi connectivity index (χ1) is 13.0. The van der Waals surface area contributed by atoms with Crippen LogP contribution in [0.4, 0.5) is 10.5 Å². The maximum atomic E-state index is 12.7. The van der Waals surface area contributed by atoms with Crippen LogP contribution in [0.15, 0.2) is 48.5 Å². The summed E-state index contributed by atoms with van der Waals surface area (Å²) >= 11 is 0. The van der Waals surface area contributed by atoms with Gasteiger partial charge in [-0.3, -0.25) is 10.0 Å². The van der Waals surface area contributed by atoms with E-state index in [-0.39, 0.29) is 11.4 Å². The van der Waals surface area contributed by atoms with Gasteiger partial charge < -0.3 is 10.6 Å². The molecule has 1 aliphatic heterocycles. The SMILES string of the molecule is NC(=O)N1CCC2(CCc3ccc(C(=O)N(O)c4ccccc4)cc3C2)C1. The van der Waals surface area contributed by atoms with Crippen LogP contribution in [-0.2, 0) is 12.8 Å². The molecule has 2 aliphatic rings. The summed E-state index contributed by atoms with van der Waals surface area (Å²) < 4.78 is 0. The summed E-state index contributed by atoms with van der Waals surface area (Å²) in [6.07, 6.45) is 3.71. The zero-order valence-corrected chi connectivity index (χ0v) is 15.1. The number of amides is 3. The van der Waals surface area contributed by atoms with Crippen LogP contribution in [0.2, 0.25) is 0 Å². The second-order valence-electron chi connectivity index (χ2n) is 7.62. The molecular weight excluding hydrogens is 342 g/mol. The molecule has 3 amide bonds. The van der Waals surface area contributed by atoms with Crippen LogP contribution in [0.5, 0.6) is 0 Å². The third-order valence-electron chi connectivity index (χ3n) is 5.89. The number of hydroxylamine groups is 1. The van der Waals surface area contributed by atoms with Crippen LogP contribution in [0.25, 0.3) is 0 Å². The molecule has 6 heteroatoms. The van der Waals surface area contributed by atoms with E-state index in [4.69, 9.17) is 5.73 Å². The van der Waals surface area contributed by atoms with Crippen LogP contribution in [0, 0.1) is 5.41 Å². The van der Waals surface area contributed by atoms with Gasteiger partial charge in [0, 0.05) is 18.7 Å². The lowest BCUT2D eigenvalue weighted by Crippen LogP contribution is -2.38. The predicted octanol–water partition coefficient (Wildman–Crippen LogP) is 2.98. The number of aryl methyl sites for hydroxylation is 1. The Labute approximate surface area is 158 Å². The monoisotopic (exact) mass is 365 g/mol. The quantitative estimate of drug-likeness (QED) is 0.634. The lowest BCUT2D eigenvalue weighted by atomic mass is 9.71. The zero-order valence-electron chi connectivity index (χ0n) is 15.1. The number of rotatable bonds is 2. The van der Waals surface area contributed by atoms with E-state index in [1.165, 1.54) is 5.56 Å². The van der Waals surface area contributed by atoms with E-state index < -0.39 is 5.91 Å². The highest BCUT2D eigenvalue weighted by Crippen LogP contribution is 2.42. The van der Waals surface area contributed by atoms with Crippen molar-refractivity contribution in [2.24, 2.45) is 11.1 Å². The number of nitrogens with zero attached hydrogens (tertiary/aromatic N) is 2. The Hall–Kier alpha value is -2.86. The molecule has 1 fully saturated rings. The Bertz CT molecular complexity index is 883. The standard InChI is InChI=1S/C21H23N3O3/c22-20(26)23-11-10-21(14-23)9-8-15-6-7-16(12-17(15)13-21)19(25)24(27)18-4-2-1-3-5-18/h1-7,12,27H,8-11,13-14H2,(H2,22,26). The van der Waals surface area contributed by atoms with Gasteiger partial charge >= 0.3 is 6.03 Å². The molecule has 2 aromatic carbocycles. The number of benzene rings is 2. The number of anilines is 1. The summed E-state index contributed by atoms with van der Waals surface area (Å²) in [7, 11) is 0. The number of fused-ring (bicyclic) bond motifs is 1. The van der Waals surface area contributed by atoms with Crippen molar-refractivity contribution in [3.63, 3.8) is 0 Å². The van der Waals surface area contributed by atoms with Gasteiger partial charge in [0.2, 0.25) is 0 Å². The maximum Gasteiger partial charge on any atom is 0.314 e. The van der Waals surface area contributed by atoms with Crippen LogP contribution in [0.1, 0.15) is 34.3 Å². The van der Waals surface area contributed by atoms with Crippen LogP contribution in [0.3, 0.4) is 0 Å². The lowest BCUT2D eigenvalue weighted by Gasteiger charge is -2.34. The van der Waals surface area contributed by atoms with E-state index in [0.717, 1.165) is 31.2 Å². The topological polar surface area (TPSA) is 86.9 Å². The van der Waals surface area contributed by atoms with Crippen molar-refractivity contribution in [3.05, 3.63) is 65.2 Å². The van der Waals surface area contributed by atoms with Crippen molar-refractivity contribution in [1.29, 1.82) is 0 Å². The fourth-order valence-electron chi connectivity index (χ4n) is 4.34. The first-order valence-corrected chi connectivity index (χ1v) is 9.22. The van der Waals surface area contributed by atoms with Gasteiger partial charge in [0.05, 0.1) is 5.69 Å². The number of primary amides is 1. The van der Waals surface area contributed by atoms with Crippen molar-refractivity contribution in [1.82, 2.24) is 4.90 Å². The summed E-state index contributed by atoms with van der Waals surface area (Å²) in [5.74, 6) is -0.450. The predicted molar refractivity (Wildman–Crippen MR) is 102 cm³/mol. The number of carbonyl (C=O) groups excluding carboxylic acids is 2. The number of para-hydroxylation sites is 1. The number of likely N-dealkylation sites (tertiary alicyclic amines) is 1. The first-order valence-electron chi connectivity index (χ1n) is 9.22. The molecule has 1 aliphatic carbocycles. The van der Waals surface area contributed by atoms with E-state index in [1.807, 2.05) is 18.2 Å². The first kappa shape index (κ1) is 17.5. The second kappa shape index (κ2) is 6.70. The molecule has 1 spiro atoms. The van der Waals surface area contributed by atoms with Gasteiger partial charge in [-0.1, -0.05) is 24.3 Å². The Morgan fingerprint density at radius 2 is 1.85 bits per heavy atom. The van der Waals surface area contributed by atoms with E-state index in [9.17, 15) is 14.8 Å². The Morgan fingerprint density at radius 3 is 2.56 bits per heavy atom. The number of nitrogens with two attached hydrogens (primary N) is 1. The van der Waals surface area contributed by atoms with Crippen molar-refractivity contribution in [2.45, 2.75) is 25.7 Å². The van der Waals surface area contributed by atoms with Gasteiger partial charge in [0.25, 0.3) is 5.91 Å². The van der Waals surface area contributed by atoms with Gasteiger partial charge in [-0.05, 0) is 66.5 Å². The summed E-state index contributed by atoms with van der Waals surface area (Å²) in [6, 6.07) is 14.0. The molecule has 1 atom stereocenters. The van der Waals surface area contributed by atoms with Gasteiger partial charge in [-0.25, -0.2) is 4.79 Å². The summed E-state index contributed by atoms with van der Waals surface area (Å²) in [5.41, 5.74) is 8.74. The third kappa shape index (κ3) is 3.28. The van der Waals surface area contributed by atoms with E-state index >= 15 is 0 Å². The molecule has 3 N–H and O–H groups in total. The molecule has 1 heterocycles. The summed E-state index contributed by atoms with van der Waals surface area (Å²) in [4.78, 5) is 25.9. The highest BCUT2D eigenvalue weighted by Gasteiger charge is 2.41. The second-order valence-corrected chi connectivity index (χ2v) is 7.62. The molecule has 0 bridgehead atoms. The minimum absolute atomic E-state index is 0.0437. The molecule has 0 saturated carbocycles. The van der Waals surface area contributed by atoms with Crippen LogP contribution >= 0.6 is 0 Å². The Morgan fingerprint density at radius 1 is 1.07 bits per heavy atom. The maximum absolute atomic E-state index is 12.7. The molecule has 6 nitrogen and oxygen atoms in total. The van der Waals surface area contributed by atoms with Gasteiger partial charge in [0.1, 0.15) is 0 Å². The number of hydrogen-bond acceptors (Lipinski definition) is 3. The van der Waals surface area contributed by atoms with Crippen LogP contribution < -0.4 is 10.8 Å². The van der Waals surface area contributed by atoms with E-state index in [0.29, 0.717) is 29.4 Å². The molecule has 2 aromatic rings. The molecule has 1 unspecified atom stereocenters. The molecule has 0 radical (unpaired) electrons. The van der Waals surface area contributed by atoms with Crippen molar-refractivity contribution >= 4 is 17.6 Å². The fraction of sp³-hybridized carbons (Fsp3) is 0.333. The summed E-state index contributed by atoms with van der Waals surface area (Å²) in [5, 5.41) is 11.0. The molecule has 140 valence electrons. The molecule has 4 rings (SSSR count). The highest BCUT2D eigenvalue weighted by molar-refractivity contribution is 6.04. The van der Waals surface area contributed by atoms with Gasteiger partial charge in [-0.15, -0.1) is 0 Å². The largest absolute Gasteiger partial charge is 0.351 e. The Balaban J connectivity index is 1.56. The fourth-order valence-corrected chi connectivity index (χ4v) is 4.34. The average molecular weight is 365 g/mol. The number of urea groups is 1. The molecule has 27 heavy (non-hydrogen) atoms. The molecular formula is C21H23N3O3.